The summed E-state index contributed by atoms with van der Waals surface area (Å²) < 4.78 is 5.57. The summed E-state index contributed by atoms with van der Waals surface area (Å²) in [6, 6.07) is 18.8. The molecule has 0 saturated carbocycles. The number of anilines is 1. The summed E-state index contributed by atoms with van der Waals surface area (Å²) in [6.45, 7) is 0. The van der Waals surface area contributed by atoms with Gasteiger partial charge >= 0.3 is 0 Å². The molecule has 1 heterocycles. The van der Waals surface area contributed by atoms with Gasteiger partial charge in [0.25, 0.3) is 5.91 Å². The molecule has 0 aliphatic carbocycles. The summed E-state index contributed by atoms with van der Waals surface area (Å²) in [5, 5.41) is 19.2. The fraction of sp³-hybridized carbons (Fsp3) is 0.0435. The van der Waals surface area contributed by atoms with Crippen molar-refractivity contribution in [3.63, 3.8) is 0 Å². The molecule has 160 valence electrons. The Balaban J connectivity index is 1.59. The Kier molecular flexibility index (Phi) is 6.55. The highest BCUT2D eigenvalue weighted by atomic mass is 35.5. The van der Waals surface area contributed by atoms with Crippen LogP contribution in [0.3, 0.4) is 0 Å². The molecule has 6 nitrogen and oxygen atoms in total. The van der Waals surface area contributed by atoms with Gasteiger partial charge < -0.3 is 9.84 Å². The summed E-state index contributed by atoms with van der Waals surface area (Å²) >= 11 is 12.5. The number of ether oxygens (including phenoxy) is 1. The zero-order valence-corrected chi connectivity index (χ0v) is 19.1. The summed E-state index contributed by atoms with van der Waals surface area (Å²) in [5.41, 5.74) is 2.19. The van der Waals surface area contributed by atoms with Crippen molar-refractivity contribution in [1.82, 2.24) is 0 Å². The highest BCUT2D eigenvalue weighted by Crippen LogP contribution is 2.38. The maximum atomic E-state index is 13.0. The second-order valence-corrected chi connectivity index (χ2v) is 8.75. The van der Waals surface area contributed by atoms with Gasteiger partial charge in [-0.2, -0.15) is 10.2 Å². The Morgan fingerprint density at radius 2 is 1.78 bits per heavy atom. The molecule has 1 aliphatic rings. The minimum atomic E-state index is -0.268. The summed E-state index contributed by atoms with van der Waals surface area (Å²) in [5.74, 6) is 0.431. The first-order valence-electron chi connectivity index (χ1n) is 9.37. The van der Waals surface area contributed by atoms with Gasteiger partial charge in [0.2, 0.25) is 0 Å². The summed E-state index contributed by atoms with van der Waals surface area (Å²) in [4.78, 5) is 14.8. The molecule has 0 atom stereocenters. The minimum absolute atomic E-state index is 0.0152. The van der Waals surface area contributed by atoms with Crippen molar-refractivity contribution in [2.24, 2.45) is 10.2 Å². The molecule has 32 heavy (non-hydrogen) atoms. The molecule has 1 amide bonds. The molecule has 1 fully saturated rings. The van der Waals surface area contributed by atoms with Crippen LogP contribution in [0.1, 0.15) is 5.56 Å². The molecule has 0 aromatic heterocycles. The van der Waals surface area contributed by atoms with Crippen LogP contribution in [0.2, 0.25) is 5.02 Å². The number of benzene rings is 3. The highest BCUT2D eigenvalue weighted by molar-refractivity contribution is 8.27. The van der Waals surface area contributed by atoms with Crippen LogP contribution in [0, 0.1) is 0 Å². The number of halogens is 1. The second-order valence-electron chi connectivity index (χ2n) is 6.64. The SMILES string of the molecule is COc1ccc(N2C(=O)/C(=C/c3cc(N=Nc4cccc(Cl)c4)ccc3O)SC2=S)cc1. The fourth-order valence-electron chi connectivity index (χ4n) is 2.94. The van der Waals surface area contributed by atoms with Gasteiger partial charge in [0.1, 0.15) is 11.5 Å². The smallest absolute Gasteiger partial charge is 0.270 e. The number of carbonyl (C=O) groups is 1. The molecule has 0 radical (unpaired) electrons. The zero-order chi connectivity index (χ0) is 22.7. The highest BCUT2D eigenvalue weighted by Gasteiger charge is 2.33. The minimum Gasteiger partial charge on any atom is -0.507 e. The van der Waals surface area contributed by atoms with E-state index in [2.05, 4.69) is 10.2 Å². The quantitative estimate of drug-likeness (QED) is 0.244. The molecule has 9 heteroatoms. The van der Waals surface area contributed by atoms with E-state index in [1.807, 2.05) is 0 Å². The number of amides is 1. The zero-order valence-electron chi connectivity index (χ0n) is 16.7. The van der Waals surface area contributed by atoms with E-state index < -0.39 is 0 Å². The Bertz CT molecular complexity index is 1260. The molecule has 3 aromatic rings. The molecule has 1 N–H and O–H groups in total. The van der Waals surface area contributed by atoms with Gasteiger partial charge in [0.15, 0.2) is 4.32 Å². The molecule has 1 aliphatic heterocycles. The number of rotatable bonds is 5. The Hall–Kier alpha value is -3.20. The maximum absolute atomic E-state index is 13.0. The number of thioether (sulfide) groups is 1. The predicted molar refractivity (Wildman–Crippen MR) is 132 cm³/mol. The molecule has 0 spiro atoms. The van der Waals surface area contributed by atoms with Crippen LogP contribution >= 0.6 is 35.6 Å². The van der Waals surface area contributed by atoms with E-state index in [0.717, 1.165) is 0 Å². The van der Waals surface area contributed by atoms with Gasteiger partial charge in [-0.25, -0.2) is 0 Å². The van der Waals surface area contributed by atoms with E-state index >= 15 is 0 Å². The number of hydrogen-bond donors (Lipinski definition) is 1. The first kappa shape index (κ1) is 22.0. The normalized spacial score (nSPS) is 15.2. The lowest BCUT2D eigenvalue weighted by Crippen LogP contribution is -2.27. The van der Waals surface area contributed by atoms with Crippen LogP contribution in [0.15, 0.2) is 81.9 Å². The fourth-order valence-corrected chi connectivity index (χ4v) is 4.41. The largest absolute Gasteiger partial charge is 0.507 e. The van der Waals surface area contributed by atoms with E-state index in [0.29, 0.717) is 42.6 Å². The number of aromatic hydroxyl groups is 1. The van der Waals surface area contributed by atoms with Gasteiger partial charge in [-0.15, -0.1) is 0 Å². The number of phenols is 1. The lowest BCUT2D eigenvalue weighted by atomic mass is 10.1. The molecule has 0 bridgehead atoms. The lowest BCUT2D eigenvalue weighted by Gasteiger charge is -2.14. The van der Waals surface area contributed by atoms with Gasteiger partial charge in [0.05, 0.1) is 29.1 Å². The van der Waals surface area contributed by atoms with Crippen molar-refractivity contribution in [3.05, 3.63) is 82.2 Å². The van der Waals surface area contributed by atoms with E-state index in [4.69, 9.17) is 28.6 Å². The van der Waals surface area contributed by atoms with Crippen molar-refractivity contribution in [1.29, 1.82) is 0 Å². The summed E-state index contributed by atoms with van der Waals surface area (Å²) in [7, 11) is 1.58. The van der Waals surface area contributed by atoms with Crippen LogP contribution in [-0.4, -0.2) is 22.4 Å². The molecule has 0 unspecified atom stereocenters. The van der Waals surface area contributed by atoms with E-state index in [-0.39, 0.29) is 11.7 Å². The number of phenolic OH excluding ortho intramolecular Hbond substituents is 1. The van der Waals surface area contributed by atoms with Crippen LogP contribution in [0.5, 0.6) is 11.5 Å². The van der Waals surface area contributed by atoms with Gasteiger partial charge in [-0.3, -0.25) is 9.69 Å². The van der Waals surface area contributed by atoms with Gasteiger partial charge in [0, 0.05) is 10.6 Å². The number of hydrogen-bond acceptors (Lipinski definition) is 7. The maximum Gasteiger partial charge on any atom is 0.270 e. The van der Waals surface area contributed by atoms with Crippen molar-refractivity contribution in [2.75, 3.05) is 12.0 Å². The Morgan fingerprint density at radius 1 is 1.06 bits per heavy atom. The number of carbonyl (C=O) groups excluding carboxylic acids is 1. The van der Waals surface area contributed by atoms with E-state index in [1.54, 1.807) is 73.8 Å². The average molecular weight is 482 g/mol. The lowest BCUT2D eigenvalue weighted by molar-refractivity contribution is -0.113. The third-order valence-electron chi connectivity index (χ3n) is 4.51. The van der Waals surface area contributed by atoms with Crippen LogP contribution in [0.4, 0.5) is 17.1 Å². The van der Waals surface area contributed by atoms with Crippen molar-refractivity contribution >= 4 is 68.9 Å². The number of methoxy groups -OCH3 is 1. The van der Waals surface area contributed by atoms with Gasteiger partial charge in [-0.1, -0.05) is 41.6 Å². The molecular weight excluding hydrogens is 466 g/mol. The average Bonchev–Trinajstić information content (AvgIpc) is 3.07. The molecule has 3 aromatic carbocycles. The molecule has 4 rings (SSSR count). The predicted octanol–water partition coefficient (Wildman–Crippen LogP) is 6.88. The standard InChI is InChI=1S/C23H16ClN3O3S2/c1-30-19-8-6-18(7-9-19)27-22(29)21(32-23(27)31)12-14-11-17(5-10-20(14)28)26-25-16-4-2-3-15(24)13-16/h2-13,28H,1H3/b21-12-,26-25?. The first-order chi connectivity index (χ1) is 15.4. The van der Waals surface area contributed by atoms with Crippen molar-refractivity contribution in [2.45, 2.75) is 0 Å². The second kappa shape index (κ2) is 9.52. The number of thiocarbonyl (C=S) groups is 1. The molecule has 1 saturated heterocycles. The van der Waals surface area contributed by atoms with Crippen LogP contribution in [0.25, 0.3) is 6.08 Å². The van der Waals surface area contributed by atoms with E-state index in [1.165, 1.54) is 22.7 Å². The van der Waals surface area contributed by atoms with Gasteiger partial charge in [-0.05, 0) is 66.7 Å². The Labute approximate surface area is 199 Å². The summed E-state index contributed by atoms with van der Waals surface area (Å²) in [6.07, 6.45) is 1.59. The van der Waals surface area contributed by atoms with E-state index in [9.17, 15) is 9.90 Å². The van der Waals surface area contributed by atoms with Crippen molar-refractivity contribution < 1.29 is 14.6 Å². The van der Waals surface area contributed by atoms with Crippen molar-refractivity contribution in [3.8, 4) is 11.5 Å². The first-order valence-corrected chi connectivity index (χ1v) is 11.0. The topological polar surface area (TPSA) is 74.5 Å². The number of azo groups is 1. The van der Waals surface area contributed by atoms with Crippen LogP contribution in [-0.2, 0) is 4.79 Å². The molecular formula is C23H16ClN3O3S2. The monoisotopic (exact) mass is 481 g/mol. The van der Waals surface area contributed by atoms with Crippen LogP contribution < -0.4 is 9.64 Å². The number of nitrogens with zero attached hydrogens (tertiary/aromatic N) is 3. The third-order valence-corrected chi connectivity index (χ3v) is 6.05. The Morgan fingerprint density at radius 3 is 2.47 bits per heavy atom. The third kappa shape index (κ3) is 4.83.